The largest absolute Gasteiger partial charge is 0.530 e. The number of carboxylic acid groups (broad SMARTS) is 1. The van der Waals surface area contributed by atoms with Gasteiger partial charge in [0.15, 0.2) is 11.5 Å². The third-order valence-electron chi connectivity index (χ3n) is 5.45. The van der Waals surface area contributed by atoms with E-state index in [-0.39, 0.29) is 12.0 Å². The summed E-state index contributed by atoms with van der Waals surface area (Å²) in [6, 6.07) is 11.7. The molecule has 0 bridgehead atoms. The van der Waals surface area contributed by atoms with Crippen LogP contribution in [0.5, 0.6) is 17.2 Å². The lowest BCUT2D eigenvalue weighted by atomic mass is 10.0. The van der Waals surface area contributed by atoms with E-state index in [4.69, 9.17) is 14.2 Å². The number of ether oxygens (including phenoxy) is 3. The molecule has 0 saturated heterocycles. The van der Waals surface area contributed by atoms with Crippen molar-refractivity contribution < 1.29 is 28.9 Å². The van der Waals surface area contributed by atoms with Crippen LogP contribution >= 0.6 is 0 Å². The van der Waals surface area contributed by atoms with Gasteiger partial charge in [0.2, 0.25) is 0 Å². The van der Waals surface area contributed by atoms with Crippen molar-refractivity contribution >= 4 is 17.7 Å². The molecule has 2 aromatic rings. The van der Waals surface area contributed by atoms with Crippen LogP contribution in [0.3, 0.4) is 0 Å². The monoisotopic (exact) mass is 496 g/mol. The van der Waals surface area contributed by atoms with Gasteiger partial charge in [-0.1, -0.05) is 12.1 Å². The summed E-state index contributed by atoms with van der Waals surface area (Å²) in [6.45, 7) is 8.63. The summed E-state index contributed by atoms with van der Waals surface area (Å²) >= 11 is 0. The van der Waals surface area contributed by atoms with Crippen molar-refractivity contribution in [3.8, 4) is 17.2 Å². The minimum absolute atomic E-state index is 0.154. The van der Waals surface area contributed by atoms with Crippen LogP contribution in [0.4, 0.5) is 4.79 Å². The second-order valence-corrected chi connectivity index (χ2v) is 9.46. The van der Waals surface area contributed by atoms with Gasteiger partial charge >= 0.3 is 0 Å². The van der Waals surface area contributed by atoms with E-state index in [1.807, 2.05) is 52.0 Å². The van der Waals surface area contributed by atoms with Crippen LogP contribution in [0.1, 0.15) is 51.7 Å². The van der Waals surface area contributed by atoms with Crippen molar-refractivity contribution in [3.05, 3.63) is 53.6 Å². The standard InChI is InChI=1S/C27H35N3O6/c1-6-35-24-17-19(11-14-23(24)34-5)21-8-7-15-30(29-21)25(31)22(28-26(32)33)16-18-9-12-20(13-10-18)36-27(2,3)4/h9-14,17,22,28H,6-8,15-16H2,1-5H3,(H,32,33)/p-1. The van der Waals surface area contributed by atoms with Gasteiger partial charge in [-0.05, 0) is 76.4 Å². The number of benzene rings is 2. The molecule has 1 unspecified atom stereocenters. The normalized spacial score (nSPS) is 14.5. The summed E-state index contributed by atoms with van der Waals surface area (Å²) in [4.78, 5) is 24.7. The number of nitrogens with one attached hydrogen (secondary N) is 1. The van der Waals surface area contributed by atoms with E-state index in [2.05, 4.69) is 10.4 Å². The Morgan fingerprint density at radius 2 is 1.86 bits per heavy atom. The Labute approximate surface area is 212 Å². The summed E-state index contributed by atoms with van der Waals surface area (Å²) in [6.07, 6.45) is 0.00672. The van der Waals surface area contributed by atoms with Gasteiger partial charge in [0.05, 0.1) is 19.4 Å². The minimum atomic E-state index is -1.52. The zero-order valence-corrected chi connectivity index (χ0v) is 21.5. The summed E-state index contributed by atoms with van der Waals surface area (Å²) in [5, 5.41) is 19.5. The van der Waals surface area contributed by atoms with Crippen molar-refractivity contribution in [2.24, 2.45) is 5.10 Å². The third kappa shape index (κ3) is 7.37. The van der Waals surface area contributed by atoms with Crippen LogP contribution in [0.25, 0.3) is 0 Å². The molecule has 0 saturated carbocycles. The Bertz CT molecular complexity index is 1090. The molecule has 1 aliphatic heterocycles. The van der Waals surface area contributed by atoms with Crippen molar-refractivity contribution in [2.45, 2.75) is 58.6 Å². The Balaban J connectivity index is 1.80. The van der Waals surface area contributed by atoms with E-state index in [1.165, 1.54) is 5.01 Å². The second-order valence-electron chi connectivity index (χ2n) is 9.46. The van der Waals surface area contributed by atoms with Crippen LogP contribution in [0, 0.1) is 0 Å². The second kappa shape index (κ2) is 11.8. The quantitative estimate of drug-likeness (QED) is 0.571. The summed E-state index contributed by atoms with van der Waals surface area (Å²) < 4.78 is 16.8. The molecule has 0 spiro atoms. The molecule has 9 heteroatoms. The average molecular weight is 497 g/mol. The lowest BCUT2D eigenvalue weighted by Gasteiger charge is -2.29. The van der Waals surface area contributed by atoms with Crippen molar-refractivity contribution in [3.63, 3.8) is 0 Å². The predicted octanol–water partition coefficient (Wildman–Crippen LogP) is 3.14. The van der Waals surface area contributed by atoms with Gasteiger partial charge in [-0.3, -0.25) is 4.79 Å². The number of nitrogens with zero attached hydrogens (tertiary/aromatic N) is 2. The van der Waals surface area contributed by atoms with Crippen molar-refractivity contribution in [2.75, 3.05) is 20.3 Å². The van der Waals surface area contributed by atoms with Gasteiger partial charge in [0.25, 0.3) is 5.91 Å². The highest BCUT2D eigenvalue weighted by Gasteiger charge is 2.27. The molecule has 36 heavy (non-hydrogen) atoms. The number of hydrazone groups is 1. The van der Waals surface area contributed by atoms with Gasteiger partial charge in [-0.2, -0.15) is 5.10 Å². The molecule has 1 N–H and O–H groups in total. The van der Waals surface area contributed by atoms with Crippen molar-refractivity contribution in [1.82, 2.24) is 10.3 Å². The molecule has 1 aliphatic rings. The van der Waals surface area contributed by atoms with E-state index in [0.717, 1.165) is 11.1 Å². The molecular formula is C27H34N3O6-. The summed E-state index contributed by atoms with van der Waals surface area (Å²) in [5.74, 6) is 1.46. The molecule has 0 radical (unpaired) electrons. The molecule has 3 rings (SSSR count). The Kier molecular flexibility index (Phi) is 8.79. The number of carbonyl (C=O) groups is 2. The summed E-state index contributed by atoms with van der Waals surface area (Å²) in [5.41, 5.74) is 1.97. The highest BCUT2D eigenvalue weighted by molar-refractivity contribution is 6.02. The van der Waals surface area contributed by atoms with E-state index in [1.54, 1.807) is 25.3 Å². The van der Waals surface area contributed by atoms with Crippen LogP contribution < -0.4 is 24.6 Å². The Hall–Kier alpha value is -3.75. The van der Waals surface area contributed by atoms with E-state index >= 15 is 0 Å². The van der Waals surface area contributed by atoms with Gasteiger partial charge < -0.3 is 29.4 Å². The maximum atomic E-state index is 13.3. The number of hydrogen-bond acceptors (Lipinski definition) is 7. The SMILES string of the molecule is CCOc1cc(C2=NN(C(=O)C(Cc3ccc(OC(C)(C)C)cc3)NC(=O)[O-])CCC2)ccc1OC. The molecule has 0 aliphatic carbocycles. The van der Waals surface area contributed by atoms with Crippen molar-refractivity contribution in [1.29, 1.82) is 0 Å². The fraction of sp³-hybridized carbons (Fsp3) is 0.444. The molecule has 9 nitrogen and oxygen atoms in total. The first kappa shape index (κ1) is 26.8. The molecule has 1 heterocycles. The minimum Gasteiger partial charge on any atom is -0.530 e. The smallest absolute Gasteiger partial charge is 0.265 e. The third-order valence-corrected chi connectivity index (χ3v) is 5.45. The van der Waals surface area contributed by atoms with E-state index in [9.17, 15) is 14.7 Å². The van der Waals surface area contributed by atoms with Crippen LogP contribution in [0.15, 0.2) is 47.6 Å². The zero-order chi connectivity index (χ0) is 26.3. The first-order chi connectivity index (χ1) is 17.1. The molecule has 2 amide bonds. The zero-order valence-electron chi connectivity index (χ0n) is 21.5. The molecule has 0 fully saturated rings. The van der Waals surface area contributed by atoms with Crippen LogP contribution in [-0.4, -0.2) is 54.6 Å². The highest BCUT2D eigenvalue weighted by Crippen LogP contribution is 2.29. The number of rotatable bonds is 9. The fourth-order valence-corrected chi connectivity index (χ4v) is 3.93. The van der Waals surface area contributed by atoms with Gasteiger partial charge in [-0.15, -0.1) is 0 Å². The van der Waals surface area contributed by atoms with E-state index in [0.29, 0.717) is 49.0 Å². The maximum Gasteiger partial charge on any atom is 0.265 e. The fourth-order valence-electron chi connectivity index (χ4n) is 3.93. The van der Waals surface area contributed by atoms with Gasteiger partial charge in [-0.25, -0.2) is 5.01 Å². The molecule has 1 atom stereocenters. The highest BCUT2D eigenvalue weighted by atomic mass is 16.5. The first-order valence-electron chi connectivity index (χ1n) is 12.0. The molecule has 194 valence electrons. The average Bonchev–Trinajstić information content (AvgIpc) is 2.83. The molecule has 2 aromatic carbocycles. The summed E-state index contributed by atoms with van der Waals surface area (Å²) in [7, 11) is 1.58. The number of carbonyl (C=O) groups excluding carboxylic acids is 2. The van der Waals surface area contributed by atoms with E-state index < -0.39 is 18.0 Å². The Morgan fingerprint density at radius 3 is 2.47 bits per heavy atom. The predicted molar refractivity (Wildman–Crippen MR) is 134 cm³/mol. The number of methoxy groups -OCH3 is 1. The molecular weight excluding hydrogens is 462 g/mol. The Morgan fingerprint density at radius 1 is 1.14 bits per heavy atom. The topological polar surface area (TPSA) is 113 Å². The lowest BCUT2D eigenvalue weighted by molar-refractivity contribution is -0.251. The maximum absolute atomic E-state index is 13.3. The first-order valence-corrected chi connectivity index (χ1v) is 12.0. The lowest BCUT2D eigenvalue weighted by Crippen LogP contribution is -2.52. The molecule has 0 aromatic heterocycles. The van der Waals surface area contributed by atoms with Gasteiger partial charge in [0, 0.05) is 18.5 Å². The van der Waals surface area contributed by atoms with Crippen LogP contribution in [-0.2, 0) is 11.2 Å². The number of amides is 2. The van der Waals surface area contributed by atoms with Gasteiger partial charge in [0.1, 0.15) is 23.5 Å². The van der Waals surface area contributed by atoms with Crippen LogP contribution in [0.2, 0.25) is 0 Å². The number of hydrogen-bond donors (Lipinski definition) is 1.